The lowest BCUT2D eigenvalue weighted by molar-refractivity contribution is 0.635. The third-order valence-corrected chi connectivity index (χ3v) is 4.75. The van der Waals surface area contributed by atoms with Crippen LogP contribution < -0.4 is 10.6 Å². The van der Waals surface area contributed by atoms with Gasteiger partial charge < -0.3 is 9.88 Å². The lowest BCUT2D eigenvalue weighted by Gasteiger charge is -2.14. The van der Waals surface area contributed by atoms with Crippen LogP contribution in [0.2, 0.25) is 0 Å². The number of allylic oxidation sites excluding steroid dienone is 4. The van der Waals surface area contributed by atoms with Crippen molar-refractivity contribution in [1.29, 1.82) is 5.26 Å². The number of nitrogens with one attached hydrogen (secondary N) is 2. The minimum Gasteiger partial charge on any atom is -0.335 e. The second-order valence-electron chi connectivity index (χ2n) is 6.09. The van der Waals surface area contributed by atoms with Crippen LogP contribution in [-0.2, 0) is 6.54 Å². The fourth-order valence-electron chi connectivity index (χ4n) is 2.54. The van der Waals surface area contributed by atoms with E-state index >= 15 is 0 Å². The number of aliphatic imine (C=N–C) groups is 1. The van der Waals surface area contributed by atoms with E-state index in [2.05, 4.69) is 66.5 Å². The van der Waals surface area contributed by atoms with E-state index in [-0.39, 0.29) is 0 Å². The monoisotopic (exact) mass is 462 g/mol. The number of hydrogen-bond donors (Lipinski definition) is 2. The van der Waals surface area contributed by atoms with Crippen molar-refractivity contribution in [2.24, 2.45) is 4.99 Å². The Hall–Kier alpha value is -2.30. The van der Waals surface area contributed by atoms with Gasteiger partial charge in [-0.2, -0.15) is 5.26 Å². The van der Waals surface area contributed by atoms with E-state index in [0.717, 1.165) is 39.9 Å². The smallest absolute Gasteiger partial charge is 0.209 e. The van der Waals surface area contributed by atoms with Gasteiger partial charge in [0.2, 0.25) is 5.96 Å². The zero-order valence-electron chi connectivity index (χ0n) is 15.3. The van der Waals surface area contributed by atoms with Crippen LogP contribution in [0.25, 0.3) is 0 Å². The van der Waals surface area contributed by atoms with Crippen LogP contribution >= 0.6 is 22.6 Å². The molecule has 6 nitrogen and oxygen atoms in total. The highest BCUT2D eigenvalue weighted by Gasteiger charge is 2.10. The standard InChI is InChI=1S/C19H23IN6/c1-14-6-4-7-17(20)18(15(2)10-14)25-19(24-12-21)23-8-5-9-26-13-22-11-16(26)3/h4,10-11,13H,5-6,8-9H2,1-3H3,(H2,23,24,25). The predicted octanol–water partition coefficient (Wildman–Crippen LogP) is 3.70. The van der Waals surface area contributed by atoms with Gasteiger partial charge in [0.1, 0.15) is 0 Å². The van der Waals surface area contributed by atoms with Gasteiger partial charge in [-0.1, -0.05) is 11.6 Å². The molecular weight excluding hydrogens is 439 g/mol. The highest BCUT2D eigenvalue weighted by molar-refractivity contribution is 14.1. The Balaban J connectivity index is 2.08. The topological polar surface area (TPSA) is 78.0 Å². The third-order valence-electron chi connectivity index (χ3n) is 3.89. The first-order valence-corrected chi connectivity index (χ1v) is 9.51. The molecule has 136 valence electrons. The summed E-state index contributed by atoms with van der Waals surface area (Å²) in [5, 5.41) is 14.9. The van der Waals surface area contributed by atoms with Crippen molar-refractivity contribution in [1.82, 2.24) is 20.2 Å². The molecule has 1 aromatic heterocycles. The highest BCUT2D eigenvalue weighted by atomic mass is 127. The highest BCUT2D eigenvalue weighted by Crippen LogP contribution is 2.22. The van der Waals surface area contributed by atoms with Gasteiger partial charge in [-0.05, 0) is 67.9 Å². The van der Waals surface area contributed by atoms with Crippen LogP contribution in [-0.4, -0.2) is 22.1 Å². The summed E-state index contributed by atoms with van der Waals surface area (Å²) in [5.74, 6) is 0.451. The Bertz CT molecular complexity index is 844. The van der Waals surface area contributed by atoms with Gasteiger partial charge in [-0.25, -0.2) is 4.98 Å². The van der Waals surface area contributed by atoms with E-state index in [1.807, 2.05) is 38.6 Å². The van der Waals surface area contributed by atoms with E-state index in [1.54, 1.807) is 0 Å². The van der Waals surface area contributed by atoms with Crippen LogP contribution in [0.15, 0.2) is 55.8 Å². The largest absolute Gasteiger partial charge is 0.335 e. The zero-order chi connectivity index (χ0) is 18.9. The van der Waals surface area contributed by atoms with Crippen LogP contribution in [0.4, 0.5) is 0 Å². The molecule has 1 aromatic rings. The van der Waals surface area contributed by atoms with Crippen molar-refractivity contribution < 1.29 is 0 Å². The molecule has 0 amide bonds. The summed E-state index contributed by atoms with van der Waals surface area (Å²) in [5.41, 5.74) is 7.67. The lowest BCUT2D eigenvalue weighted by atomic mass is 10.1. The summed E-state index contributed by atoms with van der Waals surface area (Å²) < 4.78 is 3.05. The summed E-state index contributed by atoms with van der Waals surface area (Å²) in [6.07, 6.45) is 11.5. The number of aromatic nitrogens is 2. The molecule has 0 aliphatic heterocycles. The summed E-state index contributed by atoms with van der Waals surface area (Å²) in [6.45, 7) is 7.62. The molecule has 0 spiro atoms. The first-order valence-electron chi connectivity index (χ1n) is 8.43. The van der Waals surface area contributed by atoms with Crippen LogP contribution in [0.5, 0.6) is 0 Å². The van der Waals surface area contributed by atoms with Crippen molar-refractivity contribution in [2.75, 3.05) is 6.54 Å². The molecule has 0 saturated heterocycles. The number of aryl methyl sites for hydroxylation is 2. The first kappa shape index (κ1) is 20.0. The number of halogens is 1. The quantitative estimate of drug-likeness (QED) is 0.133. The van der Waals surface area contributed by atoms with E-state index in [4.69, 9.17) is 5.26 Å². The van der Waals surface area contributed by atoms with Crippen molar-refractivity contribution in [3.8, 4) is 6.19 Å². The SMILES string of the molecule is CC1=CC(C)=C(NC(=NCCCn2cncc2C)NC#N)C(I)=C=CC1. The fraction of sp³-hybridized carbons (Fsp3) is 0.368. The molecule has 0 radical (unpaired) electrons. The molecule has 0 fully saturated rings. The van der Waals surface area contributed by atoms with Gasteiger partial charge in [-0.15, -0.1) is 5.73 Å². The predicted molar refractivity (Wildman–Crippen MR) is 112 cm³/mol. The average Bonchev–Trinajstić information content (AvgIpc) is 3.00. The third kappa shape index (κ3) is 5.90. The Morgan fingerprint density at radius 2 is 2.27 bits per heavy atom. The Morgan fingerprint density at radius 3 is 2.96 bits per heavy atom. The minimum absolute atomic E-state index is 0.451. The van der Waals surface area contributed by atoms with E-state index in [0.29, 0.717) is 12.5 Å². The summed E-state index contributed by atoms with van der Waals surface area (Å²) in [6, 6.07) is 0. The maximum Gasteiger partial charge on any atom is 0.209 e. The second kappa shape index (κ2) is 10.00. The number of imidazole rings is 1. The van der Waals surface area contributed by atoms with Gasteiger partial charge in [0.25, 0.3) is 0 Å². The number of nitriles is 1. The van der Waals surface area contributed by atoms with E-state index in [9.17, 15) is 0 Å². The molecule has 1 heterocycles. The van der Waals surface area contributed by atoms with Crippen LogP contribution in [0, 0.1) is 18.4 Å². The van der Waals surface area contributed by atoms with Gasteiger partial charge in [0, 0.05) is 25.0 Å². The summed E-state index contributed by atoms with van der Waals surface area (Å²) >= 11 is 2.25. The van der Waals surface area contributed by atoms with Crippen molar-refractivity contribution in [3.63, 3.8) is 0 Å². The average molecular weight is 462 g/mol. The Kier molecular flexibility index (Phi) is 7.70. The molecule has 0 saturated carbocycles. The number of guanidine groups is 1. The maximum atomic E-state index is 9.03. The van der Waals surface area contributed by atoms with Gasteiger partial charge in [0.05, 0.1) is 15.6 Å². The Labute approximate surface area is 168 Å². The maximum absolute atomic E-state index is 9.03. The number of nitrogens with zero attached hydrogens (tertiary/aromatic N) is 4. The molecule has 2 N–H and O–H groups in total. The first-order chi connectivity index (χ1) is 12.5. The lowest BCUT2D eigenvalue weighted by Crippen LogP contribution is -2.34. The van der Waals surface area contributed by atoms with Crippen LogP contribution in [0.3, 0.4) is 0 Å². The molecule has 1 aliphatic carbocycles. The molecule has 7 heteroatoms. The van der Waals surface area contributed by atoms with Crippen molar-refractivity contribution in [2.45, 2.75) is 40.2 Å². The van der Waals surface area contributed by atoms with E-state index in [1.165, 1.54) is 5.57 Å². The molecule has 26 heavy (non-hydrogen) atoms. The zero-order valence-corrected chi connectivity index (χ0v) is 17.5. The van der Waals surface area contributed by atoms with Crippen molar-refractivity contribution >= 4 is 28.6 Å². The normalized spacial score (nSPS) is 15.0. The van der Waals surface area contributed by atoms with Crippen molar-refractivity contribution in [3.05, 3.63) is 56.5 Å². The number of hydrogen-bond acceptors (Lipinski definition) is 3. The molecule has 0 aromatic carbocycles. The molecular formula is C19H23IN6. The van der Waals surface area contributed by atoms with Gasteiger partial charge >= 0.3 is 0 Å². The van der Waals surface area contributed by atoms with E-state index < -0.39 is 0 Å². The number of rotatable bonds is 5. The Morgan fingerprint density at radius 1 is 1.46 bits per heavy atom. The second-order valence-corrected chi connectivity index (χ2v) is 7.17. The van der Waals surface area contributed by atoms with Crippen LogP contribution in [0.1, 0.15) is 32.4 Å². The molecule has 1 aliphatic rings. The fourth-order valence-corrected chi connectivity index (χ4v) is 3.32. The van der Waals surface area contributed by atoms with Gasteiger partial charge in [-0.3, -0.25) is 10.3 Å². The minimum atomic E-state index is 0.451. The molecule has 0 bridgehead atoms. The molecule has 2 rings (SSSR count). The summed E-state index contributed by atoms with van der Waals surface area (Å²) in [4.78, 5) is 8.62. The van der Waals surface area contributed by atoms with Gasteiger partial charge in [0.15, 0.2) is 6.19 Å². The summed E-state index contributed by atoms with van der Waals surface area (Å²) in [7, 11) is 0. The molecule has 0 atom stereocenters. The molecule has 0 unspecified atom stereocenters.